The van der Waals surface area contributed by atoms with E-state index in [0.717, 1.165) is 29.9 Å². The highest BCUT2D eigenvalue weighted by atomic mass is 16.1. The highest BCUT2D eigenvalue weighted by Crippen LogP contribution is 2.14. The number of nitrogen functional groups attached to an aromatic ring is 1. The van der Waals surface area contributed by atoms with Gasteiger partial charge in [-0.05, 0) is 56.1 Å². The highest BCUT2D eigenvalue weighted by Gasteiger charge is 2.14. The number of carbonyl (C=O) groups excluding carboxylic acids is 1. The van der Waals surface area contributed by atoms with Crippen LogP contribution in [0.4, 0.5) is 5.69 Å². The van der Waals surface area contributed by atoms with E-state index in [2.05, 4.69) is 31.0 Å². The molecule has 0 aromatic heterocycles. The van der Waals surface area contributed by atoms with E-state index < -0.39 is 0 Å². The smallest absolute Gasteiger partial charge is 0.220 e. The van der Waals surface area contributed by atoms with Crippen LogP contribution >= 0.6 is 0 Å². The van der Waals surface area contributed by atoms with Crippen molar-refractivity contribution in [2.45, 2.75) is 46.1 Å². The number of likely N-dealkylation sites (N-methyl/N-ethyl adjacent to an activating group) is 1. The second-order valence-corrected chi connectivity index (χ2v) is 8.45. The van der Waals surface area contributed by atoms with Gasteiger partial charge in [-0.15, -0.1) is 0 Å². The van der Waals surface area contributed by atoms with E-state index in [0.29, 0.717) is 18.7 Å². The number of hydrogen-bond acceptors (Lipinski definition) is 4. The first-order valence-electron chi connectivity index (χ1n) is 10.6. The Morgan fingerprint density at radius 3 is 2.30 bits per heavy atom. The quantitative estimate of drug-likeness (QED) is 0.429. The van der Waals surface area contributed by atoms with Crippen molar-refractivity contribution >= 4 is 17.8 Å². The maximum atomic E-state index is 12.2. The van der Waals surface area contributed by atoms with Gasteiger partial charge < -0.3 is 21.4 Å². The van der Waals surface area contributed by atoms with Crippen LogP contribution in [-0.2, 0) is 17.6 Å². The van der Waals surface area contributed by atoms with Crippen LogP contribution in [0.25, 0.3) is 0 Å². The number of anilines is 1. The molecule has 0 aliphatic carbocycles. The lowest BCUT2D eigenvalue weighted by atomic mass is 10.0. The molecule has 0 bridgehead atoms. The summed E-state index contributed by atoms with van der Waals surface area (Å²) < 4.78 is 0. The van der Waals surface area contributed by atoms with Gasteiger partial charge in [-0.2, -0.15) is 0 Å². The summed E-state index contributed by atoms with van der Waals surface area (Å²) in [5, 5.41) is 10.5. The molecule has 0 saturated carbocycles. The molecule has 2 rings (SSSR count). The molecule has 1 amide bonds. The zero-order valence-electron chi connectivity index (χ0n) is 19.1. The zero-order chi connectivity index (χ0) is 22.5. The van der Waals surface area contributed by atoms with Crippen LogP contribution in [-0.4, -0.2) is 43.7 Å². The Hall–Kier alpha value is -2.66. The monoisotopic (exact) mass is 410 g/mol. The van der Waals surface area contributed by atoms with Crippen molar-refractivity contribution < 1.29 is 4.79 Å². The highest BCUT2D eigenvalue weighted by molar-refractivity contribution is 5.85. The summed E-state index contributed by atoms with van der Waals surface area (Å²) in [6, 6.07) is 16.0. The number of hydrogen-bond donors (Lipinski definition) is 3. The number of benzene rings is 2. The Morgan fingerprint density at radius 2 is 1.73 bits per heavy atom. The van der Waals surface area contributed by atoms with Gasteiger partial charge in [0.2, 0.25) is 5.91 Å². The first-order chi connectivity index (χ1) is 14.2. The lowest BCUT2D eigenvalue weighted by Gasteiger charge is -2.25. The van der Waals surface area contributed by atoms with E-state index in [-0.39, 0.29) is 11.9 Å². The van der Waals surface area contributed by atoms with E-state index in [4.69, 9.17) is 11.1 Å². The molecular formula is C25H38N4O. The van der Waals surface area contributed by atoms with Crippen molar-refractivity contribution in [3.8, 4) is 0 Å². The average Bonchev–Trinajstić information content (AvgIpc) is 2.70. The van der Waals surface area contributed by atoms with Gasteiger partial charge in [0.25, 0.3) is 0 Å². The predicted octanol–water partition coefficient (Wildman–Crippen LogP) is 4.15. The fourth-order valence-electron chi connectivity index (χ4n) is 2.81. The summed E-state index contributed by atoms with van der Waals surface area (Å²) >= 11 is 0. The Morgan fingerprint density at radius 1 is 1.10 bits per heavy atom. The number of nitrogens with one attached hydrogen (secondary N) is 2. The summed E-state index contributed by atoms with van der Waals surface area (Å²) in [6.07, 6.45) is 3.30. The molecule has 0 aliphatic rings. The van der Waals surface area contributed by atoms with E-state index in [1.54, 1.807) is 0 Å². The van der Waals surface area contributed by atoms with Crippen LogP contribution in [0, 0.1) is 11.3 Å². The van der Waals surface area contributed by atoms with E-state index in [1.165, 1.54) is 11.8 Å². The molecule has 0 aliphatic heterocycles. The minimum Gasteiger partial charge on any atom is -0.398 e. The Bertz CT molecular complexity index is 769. The molecule has 1 atom stereocenters. The van der Waals surface area contributed by atoms with Gasteiger partial charge >= 0.3 is 0 Å². The number of rotatable bonds is 9. The van der Waals surface area contributed by atoms with Crippen LogP contribution in [0.15, 0.2) is 48.5 Å². The van der Waals surface area contributed by atoms with Crippen molar-refractivity contribution in [3.05, 3.63) is 65.2 Å². The first kappa shape index (κ1) is 25.4. The van der Waals surface area contributed by atoms with Crippen LogP contribution < -0.4 is 11.1 Å². The Balaban J connectivity index is 0.00000103. The van der Waals surface area contributed by atoms with Crippen molar-refractivity contribution in [1.29, 1.82) is 5.41 Å². The average molecular weight is 411 g/mol. The Kier molecular flexibility index (Phi) is 11.5. The van der Waals surface area contributed by atoms with Crippen molar-refractivity contribution in [1.82, 2.24) is 10.2 Å². The number of nitrogens with two attached hydrogens (primary N) is 1. The lowest BCUT2D eigenvalue weighted by Crippen LogP contribution is -2.41. The molecule has 0 radical (unpaired) electrons. The van der Waals surface area contributed by atoms with Gasteiger partial charge in [0, 0.05) is 36.5 Å². The van der Waals surface area contributed by atoms with E-state index >= 15 is 0 Å². The van der Waals surface area contributed by atoms with Gasteiger partial charge in [0.15, 0.2) is 0 Å². The molecule has 5 nitrogen and oxygen atoms in total. The molecule has 0 fully saturated rings. The molecule has 0 saturated heterocycles. The molecule has 1 unspecified atom stereocenters. The summed E-state index contributed by atoms with van der Waals surface area (Å²) in [7, 11) is 4.02. The normalized spacial score (nSPS) is 11.6. The van der Waals surface area contributed by atoms with Gasteiger partial charge in [-0.3, -0.25) is 4.79 Å². The maximum absolute atomic E-state index is 12.2. The molecule has 30 heavy (non-hydrogen) atoms. The summed E-state index contributed by atoms with van der Waals surface area (Å²) in [4.78, 5) is 14.3. The molecule has 2 aromatic carbocycles. The molecule has 0 heterocycles. The standard InChI is InChI=1S/C21H28N4O.C4H10/c1-25(2)19(13-17-8-10-20(23)18(12-17)14-22)15-24-21(26)11-9-16-6-4-3-5-7-16;1-4(2)3/h3-8,10,12,14,19,22H,9,11,13,15,23H2,1-2H3,(H,24,26);4H,1-3H3. The first-order valence-corrected chi connectivity index (χ1v) is 10.6. The minimum atomic E-state index is 0.0678. The summed E-state index contributed by atoms with van der Waals surface area (Å²) in [5.74, 6) is 0.901. The van der Waals surface area contributed by atoms with Gasteiger partial charge in [-0.1, -0.05) is 57.2 Å². The van der Waals surface area contributed by atoms with Crippen LogP contribution in [0.5, 0.6) is 0 Å². The largest absolute Gasteiger partial charge is 0.398 e. The molecule has 4 N–H and O–H groups in total. The third-order valence-electron chi connectivity index (χ3n) is 4.53. The van der Waals surface area contributed by atoms with E-state index in [1.807, 2.05) is 62.6 Å². The fourth-order valence-corrected chi connectivity index (χ4v) is 2.81. The minimum absolute atomic E-state index is 0.0678. The number of nitrogens with zero attached hydrogens (tertiary/aromatic N) is 1. The number of amides is 1. The number of aryl methyl sites for hydroxylation is 1. The van der Waals surface area contributed by atoms with Gasteiger partial charge in [0.1, 0.15) is 0 Å². The van der Waals surface area contributed by atoms with Gasteiger partial charge in [0.05, 0.1) is 0 Å². The second kappa shape index (κ2) is 13.5. The lowest BCUT2D eigenvalue weighted by molar-refractivity contribution is -0.121. The van der Waals surface area contributed by atoms with Crippen molar-refractivity contribution in [2.24, 2.45) is 5.92 Å². The van der Waals surface area contributed by atoms with Crippen molar-refractivity contribution in [3.63, 3.8) is 0 Å². The predicted molar refractivity (Wildman–Crippen MR) is 128 cm³/mol. The summed E-state index contributed by atoms with van der Waals surface area (Å²) in [5.41, 5.74) is 9.47. The Labute approximate surface area is 182 Å². The van der Waals surface area contributed by atoms with Crippen LogP contribution in [0.3, 0.4) is 0 Å². The maximum Gasteiger partial charge on any atom is 0.220 e. The molecular weight excluding hydrogens is 372 g/mol. The third-order valence-corrected chi connectivity index (χ3v) is 4.53. The zero-order valence-corrected chi connectivity index (χ0v) is 19.1. The number of carbonyl (C=O) groups is 1. The molecule has 164 valence electrons. The fraction of sp³-hybridized carbons (Fsp3) is 0.440. The summed E-state index contributed by atoms with van der Waals surface area (Å²) in [6.45, 7) is 7.09. The third kappa shape index (κ3) is 10.2. The topological polar surface area (TPSA) is 82.2 Å². The van der Waals surface area contributed by atoms with E-state index in [9.17, 15) is 4.79 Å². The molecule has 5 heteroatoms. The second-order valence-electron chi connectivity index (χ2n) is 8.45. The van der Waals surface area contributed by atoms with Crippen LogP contribution in [0.2, 0.25) is 0 Å². The van der Waals surface area contributed by atoms with Crippen LogP contribution in [0.1, 0.15) is 43.9 Å². The molecule has 2 aromatic rings. The molecule has 0 spiro atoms. The van der Waals surface area contributed by atoms with Gasteiger partial charge in [-0.25, -0.2) is 0 Å². The SMILES string of the molecule is CC(C)C.CN(C)C(CNC(=O)CCc1ccccc1)Cc1ccc(N)c(C=N)c1. The van der Waals surface area contributed by atoms with Crippen molar-refractivity contribution in [2.75, 3.05) is 26.4 Å².